The van der Waals surface area contributed by atoms with Gasteiger partial charge in [-0.1, -0.05) is 41.4 Å². The first-order chi connectivity index (χ1) is 14.8. The summed E-state index contributed by atoms with van der Waals surface area (Å²) in [5, 5.41) is 3.24. The molecule has 3 aromatic rings. The molecule has 3 aromatic carbocycles. The van der Waals surface area contributed by atoms with Crippen molar-refractivity contribution in [1.29, 1.82) is 0 Å². The monoisotopic (exact) mass is 458 g/mol. The van der Waals surface area contributed by atoms with Gasteiger partial charge in [-0.2, -0.15) is 0 Å². The van der Waals surface area contributed by atoms with Crippen LogP contribution in [0.1, 0.15) is 12.5 Å². The molecule has 8 heteroatoms. The average molecular weight is 459 g/mol. The molecule has 3 rings (SSSR count). The second kappa shape index (κ2) is 9.85. The summed E-state index contributed by atoms with van der Waals surface area (Å²) in [5.41, 5.74) is 1.73. The van der Waals surface area contributed by atoms with Crippen LogP contribution in [0, 0.1) is 6.92 Å². The van der Waals surface area contributed by atoms with Crippen molar-refractivity contribution >= 4 is 38.9 Å². The van der Waals surface area contributed by atoms with Crippen molar-refractivity contribution in [2.45, 2.75) is 18.7 Å². The molecule has 0 spiro atoms. The zero-order valence-corrected chi connectivity index (χ0v) is 18.8. The molecule has 0 heterocycles. The molecule has 1 N–H and O–H groups in total. The Morgan fingerprint density at radius 2 is 1.65 bits per heavy atom. The lowest BCUT2D eigenvalue weighted by Crippen LogP contribution is -2.38. The number of ether oxygens (including phenoxy) is 1. The molecule has 0 aromatic heterocycles. The number of halogens is 1. The summed E-state index contributed by atoms with van der Waals surface area (Å²) < 4.78 is 33.7. The number of rotatable bonds is 8. The van der Waals surface area contributed by atoms with Gasteiger partial charge in [0.1, 0.15) is 12.3 Å². The number of hydrogen-bond acceptors (Lipinski definition) is 4. The second-order valence-electron chi connectivity index (χ2n) is 6.78. The minimum Gasteiger partial charge on any atom is -0.492 e. The van der Waals surface area contributed by atoms with Gasteiger partial charge in [0, 0.05) is 10.7 Å². The summed E-state index contributed by atoms with van der Waals surface area (Å²) in [6, 6.07) is 19.8. The van der Waals surface area contributed by atoms with E-state index < -0.39 is 22.5 Å². The Balaban J connectivity index is 1.99. The summed E-state index contributed by atoms with van der Waals surface area (Å²) in [6.45, 7) is 3.61. The fourth-order valence-corrected chi connectivity index (χ4v) is 4.50. The van der Waals surface area contributed by atoms with Crippen LogP contribution in [0.25, 0.3) is 0 Å². The van der Waals surface area contributed by atoms with E-state index in [1.807, 2.05) is 13.8 Å². The molecule has 0 unspecified atom stereocenters. The van der Waals surface area contributed by atoms with E-state index in [9.17, 15) is 13.2 Å². The predicted octanol–water partition coefficient (Wildman–Crippen LogP) is 4.88. The number of nitrogens with zero attached hydrogens (tertiary/aromatic N) is 1. The van der Waals surface area contributed by atoms with E-state index >= 15 is 0 Å². The summed E-state index contributed by atoms with van der Waals surface area (Å²) in [4.78, 5) is 12.9. The number of carbonyl (C=O) groups excluding carboxylic acids is 1. The first-order valence-corrected chi connectivity index (χ1v) is 11.5. The Hall–Kier alpha value is -3.03. The molecule has 0 bridgehead atoms. The molecule has 0 saturated heterocycles. The van der Waals surface area contributed by atoms with Gasteiger partial charge in [0.05, 0.1) is 17.2 Å². The zero-order valence-electron chi connectivity index (χ0n) is 17.2. The fourth-order valence-electron chi connectivity index (χ4n) is 2.94. The van der Waals surface area contributed by atoms with Crippen LogP contribution < -0.4 is 14.4 Å². The predicted molar refractivity (Wildman–Crippen MR) is 123 cm³/mol. The van der Waals surface area contributed by atoms with Crippen molar-refractivity contribution in [3.05, 3.63) is 83.4 Å². The van der Waals surface area contributed by atoms with Gasteiger partial charge < -0.3 is 10.1 Å². The first kappa shape index (κ1) is 22.7. The highest BCUT2D eigenvalue weighted by Gasteiger charge is 2.29. The molecule has 0 aliphatic heterocycles. The first-order valence-electron chi connectivity index (χ1n) is 9.68. The van der Waals surface area contributed by atoms with Crippen molar-refractivity contribution in [3.63, 3.8) is 0 Å². The lowest BCUT2D eigenvalue weighted by atomic mass is 10.2. The third-order valence-corrected chi connectivity index (χ3v) is 6.48. The summed E-state index contributed by atoms with van der Waals surface area (Å²) in [5.74, 6) is -0.121. The second-order valence-corrected chi connectivity index (χ2v) is 9.08. The van der Waals surface area contributed by atoms with Crippen LogP contribution in [-0.4, -0.2) is 27.5 Å². The van der Waals surface area contributed by atoms with Gasteiger partial charge in [-0.25, -0.2) is 8.42 Å². The number of benzene rings is 3. The van der Waals surface area contributed by atoms with Crippen molar-refractivity contribution in [1.82, 2.24) is 0 Å². The number of nitrogens with one attached hydrogen (secondary N) is 1. The Kier molecular flexibility index (Phi) is 7.20. The van der Waals surface area contributed by atoms with Crippen LogP contribution in [0.2, 0.25) is 5.02 Å². The van der Waals surface area contributed by atoms with Gasteiger partial charge in [0.2, 0.25) is 5.91 Å². The largest absolute Gasteiger partial charge is 0.492 e. The molecule has 31 heavy (non-hydrogen) atoms. The number of aryl methyl sites for hydroxylation is 1. The number of hydrogen-bond donors (Lipinski definition) is 1. The van der Waals surface area contributed by atoms with Crippen molar-refractivity contribution < 1.29 is 17.9 Å². The molecule has 0 aliphatic carbocycles. The molecule has 0 saturated carbocycles. The van der Waals surface area contributed by atoms with Gasteiger partial charge in [0.25, 0.3) is 10.0 Å². The van der Waals surface area contributed by atoms with Gasteiger partial charge in [-0.3, -0.25) is 9.10 Å². The van der Waals surface area contributed by atoms with Crippen LogP contribution >= 0.6 is 11.6 Å². The third kappa shape index (κ3) is 5.57. The SMILES string of the molecule is CCOc1ccccc1N(CC(=O)Nc1ccc(Cl)cc1)S(=O)(=O)c1ccc(C)cc1. The summed E-state index contributed by atoms with van der Waals surface area (Å²) >= 11 is 5.88. The van der Waals surface area contributed by atoms with Gasteiger partial charge >= 0.3 is 0 Å². The molecular formula is C23H23ClN2O4S. The molecule has 0 atom stereocenters. The molecule has 0 aliphatic rings. The van der Waals surface area contributed by atoms with E-state index in [4.69, 9.17) is 16.3 Å². The van der Waals surface area contributed by atoms with E-state index in [0.29, 0.717) is 23.1 Å². The third-order valence-electron chi connectivity index (χ3n) is 4.46. The maximum Gasteiger partial charge on any atom is 0.264 e. The number of para-hydroxylation sites is 2. The summed E-state index contributed by atoms with van der Waals surface area (Å²) in [7, 11) is -4.03. The Labute approximate surface area is 187 Å². The molecular weight excluding hydrogens is 436 g/mol. The summed E-state index contributed by atoms with van der Waals surface area (Å²) in [6.07, 6.45) is 0. The van der Waals surface area contributed by atoms with Crippen LogP contribution in [0.5, 0.6) is 5.75 Å². The van der Waals surface area contributed by atoms with Crippen molar-refractivity contribution in [2.75, 3.05) is 22.8 Å². The maximum atomic E-state index is 13.5. The minimum atomic E-state index is -4.03. The Morgan fingerprint density at radius 1 is 1.00 bits per heavy atom. The lowest BCUT2D eigenvalue weighted by Gasteiger charge is -2.26. The van der Waals surface area contributed by atoms with E-state index in [-0.39, 0.29) is 10.6 Å². The molecule has 0 radical (unpaired) electrons. The fraction of sp³-hybridized carbons (Fsp3) is 0.174. The van der Waals surface area contributed by atoms with Gasteiger partial charge in [0.15, 0.2) is 0 Å². The Morgan fingerprint density at radius 3 is 2.29 bits per heavy atom. The zero-order chi connectivity index (χ0) is 22.4. The topological polar surface area (TPSA) is 75.7 Å². The highest BCUT2D eigenvalue weighted by atomic mass is 35.5. The van der Waals surface area contributed by atoms with Crippen LogP contribution in [-0.2, 0) is 14.8 Å². The average Bonchev–Trinajstić information content (AvgIpc) is 2.75. The van der Waals surface area contributed by atoms with Gasteiger partial charge in [-0.15, -0.1) is 0 Å². The van der Waals surface area contributed by atoms with E-state index in [1.165, 1.54) is 12.1 Å². The van der Waals surface area contributed by atoms with E-state index in [1.54, 1.807) is 60.7 Å². The molecule has 6 nitrogen and oxygen atoms in total. The Bertz CT molecular complexity index is 1150. The molecule has 162 valence electrons. The number of sulfonamides is 1. The molecule has 1 amide bonds. The van der Waals surface area contributed by atoms with Crippen LogP contribution in [0.3, 0.4) is 0 Å². The normalized spacial score (nSPS) is 11.1. The van der Waals surface area contributed by atoms with Gasteiger partial charge in [-0.05, 0) is 62.4 Å². The minimum absolute atomic E-state index is 0.0868. The maximum absolute atomic E-state index is 13.5. The lowest BCUT2D eigenvalue weighted by molar-refractivity contribution is -0.114. The van der Waals surface area contributed by atoms with E-state index in [0.717, 1.165) is 9.87 Å². The smallest absolute Gasteiger partial charge is 0.264 e. The standard InChI is InChI=1S/C23H23ClN2O4S/c1-3-30-22-7-5-4-6-21(22)26(31(28,29)20-14-8-17(2)9-15-20)16-23(27)25-19-12-10-18(24)11-13-19/h4-15H,3,16H2,1-2H3,(H,25,27). The number of amides is 1. The highest BCUT2D eigenvalue weighted by molar-refractivity contribution is 7.92. The highest BCUT2D eigenvalue weighted by Crippen LogP contribution is 2.32. The van der Waals surface area contributed by atoms with Crippen molar-refractivity contribution in [2.24, 2.45) is 0 Å². The van der Waals surface area contributed by atoms with Crippen LogP contribution in [0.4, 0.5) is 11.4 Å². The number of carbonyl (C=O) groups is 1. The van der Waals surface area contributed by atoms with E-state index in [2.05, 4.69) is 5.32 Å². The number of anilines is 2. The van der Waals surface area contributed by atoms with Crippen LogP contribution in [0.15, 0.2) is 77.7 Å². The quantitative estimate of drug-likeness (QED) is 0.522. The van der Waals surface area contributed by atoms with Crippen molar-refractivity contribution in [3.8, 4) is 5.75 Å². The molecule has 0 fully saturated rings.